The molecular formula is C6H5FO3S. The van der Waals surface area contributed by atoms with Crippen LogP contribution in [0.5, 0.6) is 0 Å². The lowest BCUT2D eigenvalue weighted by Gasteiger charge is -1.94. The maximum Gasteiger partial charge on any atom is 0.327 e. The van der Waals surface area contributed by atoms with E-state index >= 15 is 0 Å². The summed E-state index contributed by atoms with van der Waals surface area (Å²) in [4.78, 5) is -0.192. The van der Waals surface area contributed by atoms with Gasteiger partial charge in [0.1, 0.15) is 0 Å². The van der Waals surface area contributed by atoms with Crippen LogP contribution >= 0.6 is 0 Å². The van der Waals surface area contributed by atoms with Crippen LogP contribution in [0.1, 0.15) is 0 Å². The van der Waals surface area contributed by atoms with E-state index in [1.54, 1.807) is 6.07 Å². The van der Waals surface area contributed by atoms with Gasteiger partial charge in [0.2, 0.25) is 0 Å². The highest BCUT2D eigenvalue weighted by Crippen LogP contribution is 2.10. The van der Waals surface area contributed by atoms with Crippen molar-refractivity contribution >= 4 is 10.1 Å². The minimum Gasteiger partial charge on any atom is -0.191 e. The van der Waals surface area contributed by atoms with Gasteiger partial charge in [-0.2, -0.15) is 8.42 Å². The smallest absolute Gasteiger partial charge is 0.191 e. The zero-order valence-electron chi connectivity index (χ0n) is 5.40. The quantitative estimate of drug-likeness (QED) is 0.681. The van der Waals surface area contributed by atoms with Gasteiger partial charge in [0.15, 0.2) is 0 Å². The Labute approximate surface area is 63.4 Å². The van der Waals surface area contributed by atoms with Crippen LogP contribution in [0.2, 0.25) is 0 Å². The molecule has 0 aromatic heterocycles. The molecule has 0 aliphatic carbocycles. The van der Waals surface area contributed by atoms with Gasteiger partial charge in [-0.05, 0) is 16.7 Å². The molecule has 0 radical (unpaired) electrons. The molecule has 0 unspecified atom stereocenters. The van der Waals surface area contributed by atoms with Crippen molar-refractivity contribution in [2.24, 2.45) is 0 Å². The molecule has 60 valence electrons. The zero-order chi connectivity index (χ0) is 8.32. The minimum atomic E-state index is -4.16. The van der Waals surface area contributed by atoms with Gasteiger partial charge in [-0.25, -0.2) is 0 Å². The third-order valence-corrected chi connectivity index (χ3v) is 2.13. The molecule has 0 N–H and O–H groups in total. The number of halogens is 1. The van der Waals surface area contributed by atoms with Crippen LogP contribution in [0, 0.1) is 0 Å². The van der Waals surface area contributed by atoms with Gasteiger partial charge >= 0.3 is 10.1 Å². The van der Waals surface area contributed by atoms with E-state index in [0.29, 0.717) is 0 Å². The third-order valence-electron chi connectivity index (χ3n) is 1.11. The maximum absolute atomic E-state index is 11.4. The van der Waals surface area contributed by atoms with Gasteiger partial charge in [0, 0.05) is 0 Å². The van der Waals surface area contributed by atoms with Gasteiger partial charge in [-0.15, -0.1) is 0 Å². The lowest BCUT2D eigenvalue weighted by Crippen LogP contribution is -1.99. The average Bonchev–Trinajstić information content (AvgIpc) is 2.06. The second-order valence-electron chi connectivity index (χ2n) is 1.83. The molecule has 0 fully saturated rings. The van der Waals surface area contributed by atoms with E-state index in [1.165, 1.54) is 24.3 Å². The monoisotopic (exact) mass is 176 g/mol. The molecule has 1 rings (SSSR count). The summed E-state index contributed by atoms with van der Waals surface area (Å²) < 4.78 is 35.4. The standard InChI is InChI=1S/C6H5FO3S/c7-10-11(8,9)6-4-2-1-3-5-6/h1-5H. The van der Waals surface area contributed by atoms with E-state index < -0.39 is 10.1 Å². The van der Waals surface area contributed by atoms with Crippen LogP contribution in [0.15, 0.2) is 35.2 Å². The number of hydrogen-bond donors (Lipinski definition) is 0. The molecule has 0 atom stereocenters. The largest absolute Gasteiger partial charge is 0.327 e. The Morgan fingerprint density at radius 2 is 1.73 bits per heavy atom. The summed E-state index contributed by atoms with van der Waals surface area (Å²) in [5.41, 5.74) is 0. The highest BCUT2D eigenvalue weighted by atomic mass is 32.2. The zero-order valence-corrected chi connectivity index (χ0v) is 6.21. The molecule has 0 spiro atoms. The lowest BCUT2D eigenvalue weighted by atomic mass is 10.4. The topological polar surface area (TPSA) is 43.4 Å². The van der Waals surface area contributed by atoms with Gasteiger partial charge < -0.3 is 0 Å². The normalized spacial score (nSPS) is 11.4. The molecule has 0 saturated carbocycles. The van der Waals surface area contributed by atoms with Crippen molar-refractivity contribution in [1.29, 1.82) is 0 Å². The van der Waals surface area contributed by atoms with Crippen LogP contribution in [-0.2, 0) is 14.5 Å². The summed E-state index contributed by atoms with van der Waals surface area (Å²) in [5, 5.41) is 0. The number of rotatable bonds is 2. The van der Waals surface area contributed by atoms with E-state index in [1.807, 2.05) is 0 Å². The summed E-state index contributed by atoms with van der Waals surface area (Å²) in [6, 6.07) is 7.07. The molecule has 3 nitrogen and oxygen atoms in total. The molecule has 0 heterocycles. The molecule has 5 heteroatoms. The Hall–Kier alpha value is -0.940. The first kappa shape index (κ1) is 8.16. The Bertz CT molecular complexity index is 319. The van der Waals surface area contributed by atoms with Gasteiger partial charge in [0.05, 0.1) is 4.90 Å². The molecule has 1 aromatic rings. The summed E-state index contributed by atoms with van der Waals surface area (Å²) in [6.07, 6.45) is 0. The number of benzene rings is 1. The van der Waals surface area contributed by atoms with Gasteiger partial charge in [-0.3, -0.25) is 0 Å². The fourth-order valence-electron chi connectivity index (χ4n) is 0.624. The summed E-state index contributed by atoms with van der Waals surface area (Å²) >= 11 is 0. The summed E-state index contributed by atoms with van der Waals surface area (Å²) in [7, 11) is -4.16. The van der Waals surface area contributed by atoms with Crippen molar-refractivity contribution in [3.8, 4) is 0 Å². The predicted octanol–water partition coefficient (Wildman–Crippen LogP) is 1.28. The Kier molecular flexibility index (Phi) is 2.21. The van der Waals surface area contributed by atoms with Crippen molar-refractivity contribution in [2.75, 3.05) is 0 Å². The van der Waals surface area contributed by atoms with Crippen LogP contribution in [0.25, 0.3) is 0 Å². The minimum absolute atomic E-state index is 0.192. The molecule has 0 amide bonds. The molecule has 11 heavy (non-hydrogen) atoms. The first-order valence-electron chi connectivity index (χ1n) is 2.77. The van der Waals surface area contributed by atoms with Crippen LogP contribution < -0.4 is 0 Å². The van der Waals surface area contributed by atoms with E-state index in [9.17, 15) is 12.9 Å². The van der Waals surface area contributed by atoms with E-state index in [4.69, 9.17) is 0 Å². The van der Waals surface area contributed by atoms with Gasteiger partial charge in [-0.1, -0.05) is 22.6 Å². The van der Waals surface area contributed by atoms with Crippen molar-refractivity contribution < 1.29 is 17.3 Å². The molecule has 0 bridgehead atoms. The van der Waals surface area contributed by atoms with Crippen LogP contribution in [0.4, 0.5) is 4.53 Å². The molecule has 0 aliphatic heterocycles. The van der Waals surface area contributed by atoms with E-state index in [-0.39, 0.29) is 4.90 Å². The first-order chi connectivity index (χ1) is 5.17. The fourth-order valence-corrected chi connectivity index (χ4v) is 1.19. The SMILES string of the molecule is O=S(=O)(OF)c1ccccc1. The van der Waals surface area contributed by atoms with Crippen molar-refractivity contribution in [1.82, 2.24) is 0 Å². The fraction of sp³-hybridized carbons (Fsp3) is 0. The van der Waals surface area contributed by atoms with Gasteiger partial charge in [0.25, 0.3) is 0 Å². The second kappa shape index (κ2) is 2.98. The first-order valence-corrected chi connectivity index (χ1v) is 4.18. The highest BCUT2D eigenvalue weighted by Gasteiger charge is 2.13. The average molecular weight is 176 g/mol. The maximum atomic E-state index is 11.4. The predicted molar refractivity (Wildman–Crippen MR) is 35.8 cm³/mol. The lowest BCUT2D eigenvalue weighted by molar-refractivity contribution is 0.00286. The third kappa shape index (κ3) is 1.75. The Morgan fingerprint density at radius 3 is 2.18 bits per heavy atom. The van der Waals surface area contributed by atoms with Crippen molar-refractivity contribution in [3.05, 3.63) is 30.3 Å². The number of hydrogen-bond acceptors (Lipinski definition) is 3. The molecule has 1 aromatic carbocycles. The van der Waals surface area contributed by atoms with Crippen LogP contribution in [0.3, 0.4) is 0 Å². The molecule has 0 aliphatic rings. The van der Waals surface area contributed by atoms with Crippen molar-refractivity contribution in [2.45, 2.75) is 4.90 Å². The van der Waals surface area contributed by atoms with E-state index in [0.717, 1.165) is 0 Å². The molecular weight excluding hydrogens is 171 g/mol. The summed E-state index contributed by atoms with van der Waals surface area (Å²) in [5.74, 6) is 0. The highest BCUT2D eigenvalue weighted by molar-refractivity contribution is 7.86. The Balaban J connectivity index is 3.14. The van der Waals surface area contributed by atoms with Crippen molar-refractivity contribution in [3.63, 3.8) is 0 Å². The van der Waals surface area contributed by atoms with Crippen LogP contribution in [-0.4, -0.2) is 8.42 Å². The van der Waals surface area contributed by atoms with E-state index in [2.05, 4.69) is 4.39 Å². The second-order valence-corrected chi connectivity index (χ2v) is 3.34. The molecule has 0 saturated heterocycles. The Morgan fingerprint density at radius 1 is 1.18 bits per heavy atom. The summed E-state index contributed by atoms with van der Waals surface area (Å²) in [6.45, 7) is 0.